The summed E-state index contributed by atoms with van der Waals surface area (Å²) in [7, 11) is 0. The van der Waals surface area contributed by atoms with E-state index in [1.807, 2.05) is 23.1 Å². The van der Waals surface area contributed by atoms with Gasteiger partial charge in [0.05, 0.1) is 0 Å². The highest BCUT2D eigenvalue weighted by molar-refractivity contribution is 6.34. The molecule has 3 nitrogen and oxygen atoms in total. The number of carbonyl (C=O) groups is 1. The van der Waals surface area contributed by atoms with Gasteiger partial charge >= 0.3 is 0 Å². The molecule has 116 valence electrons. The molecule has 1 amide bonds. The van der Waals surface area contributed by atoms with Crippen molar-refractivity contribution >= 4 is 28.3 Å². The Balaban J connectivity index is 1.76. The molecule has 0 radical (unpaired) electrons. The molecule has 0 N–H and O–H groups in total. The third-order valence-corrected chi connectivity index (χ3v) is 4.62. The molecule has 1 saturated heterocycles. The van der Waals surface area contributed by atoms with Crippen LogP contribution in [0, 0.1) is 11.8 Å². The normalized spacial score (nSPS) is 18.6. The Labute approximate surface area is 136 Å². The van der Waals surface area contributed by atoms with E-state index < -0.39 is 0 Å². The molecule has 1 aromatic carbocycles. The van der Waals surface area contributed by atoms with Gasteiger partial charge < -0.3 is 4.90 Å². The first-order chi connectivity index (χ1) is 10.5. The van der Waals surface area contributed by atoms with Crippen molar-refractivity contribution in [1.29, 1.82) is 0 Å². The molecule has 0 aliphatic carbocycles. The quantitative estimate of drug-likeness (QED) is 0.789. The maximum atomic E-state index is 12.5. The highest BCUT2D eigenvalue weighted by atomic mass is 35.5. The zero-order valence-corrected chi connectivity index (χ0v) is 13.8. The number of pyridine rings is 1. The first kappa shape index (κ1) is 15.3. The average Bonchev–Trinajstić information content (AvgIpc) is 2.81. The van der Waals surface area contributed by atoms with Crippen LogP contribution in [-0.2, 0) is 11.3 Å². The zero-order chi connectivity index (χ0) is 15.7. The number of hydrogen-bond donors (Lipinski definition) is 0. The molecule has 1 aliphatic heterocycles. The molecule has 4 heteroatoms. The van der Waals surface area contributed by atoms with E-state index in [1.165, 1.54) is 0 Å². The van der Waals surface area contributed by atoms with Crippen LogP contribution in [-0.4, -0.2) is 22.3 Å². The number of hydrogen-bond acceptors (Lipinski definition) is 2. The summed E-state index contributed by atoms with van der Waals surface area (Å²) in [5.74, 6) is 1.07. The molecule has 22 heavy (non-hydrogen) atoms. The molecule has 0 unspecified atom stereocenters. The number of nitrogens with zero attached hydrogens (tertiary/aromatic N) is 2. The molecular formula is C18H21ClN2O. The lowest BCUT2D eigenvalue weighted by molar-refractivity contribution is -0.131. The molecule has 0 saturated carbocycles. The van der Waals surface area contributed by atoms with Gasteiger partial charge in [-0.05, 0) is 41.8 Å². The smallest absolute Gasteiger partial charge is 0.226 e. The van der Waals surface area contributed by atoms with E-state index in [0.717, 1.165) is 35.7 Å². The number of halogens is 1. The topological polar surface area (TPSA) is 33.2 Å². The van der Waals surface area contributed by atoms with E-state index in [9.17, 15) is 4.79 Å². The number of likely N-dealkylation sites (tertiary alicyclic amines) is 1. The van der Waals surface area contributed by atoms with Crippen molar-refractivity contribution in [3.63, 3.8) is 0 Å². The molecule has 0 spiro atoms. The van der Waals surface area contributed by atoms with Crippen LogP contribution in [0.5, 0.6) is 0 Å². The van der Waals surface area contributed by atoms with Crippen molar-refractivity contribution in [2.24, 2.45) is 11.8 Å². The van der Waals surface area contributed by atoms with E-state index in [1.54, 1.807) is 6.20 Å². The van der Waals surface area contributed by atoms with Crippen molar-refractivity contribution in [3.05, 3.63) is 41.2 Å². The van der Waals surface area contributed by atoms with Crippen LogP contribution < -0.4 is 0 Å². The Bertz CT molecular complexity index is 699. The lowest BCUT2D eigenvalue weighted by Crippen LogP contribution is -2.27. The fourth-order valence-corrected chi connectivity index (χ4v) is 3.47. The summed E-state index contributed by atoms with van der Waals surface area (Å²) in [5, 5.41) is 2.55. The number of amides is 1. The van der Waals surface area contributed by atoms with Crippen molar-refractivity contribution in [2.45, 2.75) is 33.2 Å². The van der Waals surface area contributed by atoms with Crippen LogP contribution >= 0.6 is 11.6 Å². The Morgan fingerprint density at radius 1 is 1.36 bits per heavy atom. The predicted molar refractivity (Wildman–Crippen MR) is 89.7 cm³/mol. The second-order valence-electron chi connectivity index (χ2n) is 6.53. The van der Waals surface area contributed by atoms with Gasteiger partial charge in [-0.1, -0.05) is 37.6 Å². The van der Waals surface area contributed by atoms with E-state index in [2.05, 4.69) is 24.9 Å². The van der Waals surface area contributed by atoms with Gasteiger partial charge in [0.1, 0.15) is 5.15 Å². The first-order valence-electron chi connectivity index (χ1n) is 7.86. The molecule has 1 aliphatic rings. The van der Waals surface area contributed by atoms with Crippen LogP contribution in [0.25, 0.3) is 10.8 Å². The lowest BCUT2D eigenvalue weighted by atomic mass is 9.96. The second kappa shape index (κ2) is 6.25. The van der Waals surface area contributed by atoms with Gasteiger partial charge in [-0.15, -0.1) is 0 Å². The minimum absolute atomic E-state index is 0.200. The van der Waals surface area contributed by atoms with Gasteiger partial charge in [0.15, 0.2) is 0 Å². The molecule has 2 aromatic rings. The van der Waals surface area contributed by atoms with Crippen molar-refractivity contribution in [1.82, 2.24) is 9.88 Å². The van der Waals surface area contributed by atoms with E-state index in [0.29, 0.717) is 23.5 Å². The molecular weight excluding hydrogens is 296 g/mol. The summed E-state index contributed by atoms with van der Waals surface area (Å²) in [5.41, 5.74) is 1.11. The molecule has 3 rings (SSSR count). The molecule has 0 bridgehead atoms. The highest BCUT2D eigenvalue weighted by Gasteiger charge is 2.31. The maximum absolute atomic E-state index is 12.5. The Morgan fingerprint density at radius 2 is 2.18 bits per heavy atom. The van der Waals surface area contributed by atoms with Crippen molar-refractivity contribution < 1.29 is 4.79 Å². The standard InChI is InChI=1S/C18H21ClN2O/c1-12(2)9-15-6-8-21(18(15)22)11-13-3-4-14-5-7-20-17(19)16(14)10-13/h3-5,7,10,12,15H,6,8-9,11H2,1-2H3/t15-/m1/s1. The minimum atomic E-state index is 0.200. The first-order valence-corrected chi connectivity index (χ1v) is 8.24. The van der Waals surface area contributed by atoms with Crippen molar-refractivity contribution in [2.75, 3.05) is 6.54 Å². The third-order valence-electron chi connectivity index (χ3n) is 4.32. The van der Waals surface area contributed by atoms with Crippen LogP contribution in [0.1, 0.15) is 32.3 Å². The van der Waals surface area contributed by atoms with Gasteiger partial charge in [-0.3, -0.25) is 4.79 Å². The highest BCUT2D eigenvalue weighted by Crippen LogP contribution is 2.27. The minimum Gasteiger partial charge on any atom is -0.338 e. The summed E-state index contributed by atoms with van der Waals surface area (Å²) in [6.45, 7) is 5.87. The van der Waals surface area contributed by atoms with Crippen molar-refractivity contribution in [3.8, 4) is 0 Å². The Hall–Kier alpha value is -1.61. The molecule has 1 atom stereocenters. The summed E-state index contributed by atoms with van der Waals surface area (Å²) in [4.78, 5) is 18.6. The lowest BCUT2D eigenvalue weighted by Gasteiger charge is -2.18. The average molecular weight is 317 g/mol. The zero-order valence-electron chi connectivity index (χ0n) is 13.1. The number of carbonyl (C=O) groups excluding carboxylic acids is 1. The fourth-order valence-electron chi connectivity index (χ4n) is 3.25. The molecule has 1 aromatic heterocycles. The maximum Gasteiger partial charge on any atom is 0.226 e. The van der Waals surface area contributed by atoms with Gasteiger partial charge in [0.2, 0.25) is 5.91 Å². The van der Waals surface area contributed by atoms with Crippen LogP contribution in [0.3, 0.4) is 0 Å². The Kier molecular flexibility index (Phi) is 4.34. The van der Waals surface area contributed by atoms with Gasteiger partial charge in [0.25, 0.3) is 0 Å². The largest absolute Gasteiger partial charge is 0.338 e. The van der Waals surface area contributed by atoms with Crippen LogP contribution in [0.2, 0.25) is 5.15 Å². The number of benzene rings is 1. The third kappa shape index (κ3) is 3.09. The van der Waals surface area contributed by atoms with E-state index >= 15 is 0 Å². The van der Waals surface area contributed by atoms with E-state index in [4.69, 9.17) is 11.6 Å². The van der Waals surface area contributed by atoms with Crippen LogP contribution in [0.4, 0.5) is 0 Å². The summed E-state index contributed by atoms with van der Waals surface area (Å²) >= 11 is 6.16. The molecule has 1 fully saturated rings. The second-order valence-corrected chi connectivity index (χ2v) is 6.89. The summed E-state index contributed by atoms with van der Waals surface area (Å²) in [6, 6.07) is 8.12. The number of aromatic nitrogens is 1. The predicted octanol–water partition coefficient (Wildman–Crippen LogP) is 4.28. The van der Waals surface area contributed by atoms with Crippen LogP contribution in [0.15, 0.2) is 30.5 Å². The van der Waals surface area contributed by atoms with Gasteiger partial charge in [-0.2, -0.15) is 0 Å². The Morgan fingerprint density at radius 3 is 2.95 bits per heavy atom. The summed E-state index contributed by atoms with van der Waals surface area (Å²) < 4.78 is 0. The summed E-state index contributed by atoms with van der Waals surface area (Å²) in [6.07, 6.45) is 3.68. The SMILES string of the molecule is CC(C)C[C@H]1CCN(Cc2ccc3ccnc(Cl)c3c2)C1=O. The molecule has 2 heterocycles. The number of rotatable bonds is 4. The van der Waals surface area contributed by atoms with Gasteiger partial charge in [0, 0.05) is 30.6 Å². The van der Waals surface area contributed by atoms with Gasteiger partial charge in [-0.25, -0.2) is 4.98 Å². The number of fused-ring (bicyclic) bond motifs is 1. The fraction of sp³-hybridized carbons (Fsp3) is 0.444. The van der Waals surface area contributed by atoms with E-state index in [-0.39, 0.29) is 5.92 Å². The monoisotopic (exact) mass is 316 g/mol.